The highest BCUT2D eigenvalue weighted by molar-refractivity contribution is 6.08. The molecule has 0 saturated carbocycles. The standard InChI is InChI=1S/C18H16O3/c19-16-9-15-13-6-5-10-3-1-2-4-11(10)12(13)7-8-14(15)17(20)18(16)21/h1-8,16-21H,9H2/t16-,17-,18-/m1/s1. The molecule has 0 amide bonds. The van der Waals surface area contributed by atoms with Crippen LogP contribution < -0.4 is 0 Å². The summed E-state index contributed by atoms with van der Waals surface area (Å²) in [6.45, 7) is 0. The van der Waals surface area contributed by atoms with Crippen molar-refractivity contribution in [2.75, 3.05) is 0 Å². The second-order valence-corrected chi connectivity index (χ2v) is 5.72. The minimum atomic E-state index is -1.12. The Labute approximate surface area is 122 Å². The van der Waals surface area contributed by atoms with Crippen LogP contribution in [0, 0.1) is 0 Å². The quantitative estimate of drug-likeness (QED) is 0.554. The minimum Gasteiger partial charge on any atom is -0.390 e. The van der Waals surface area contributed by atoms with Crippen LogP contribution in [0.4, 0.5) is 0 Å². The molecule has 0 heterocycles. The highest BCUT2D eigenvalue weighted by Crippen LogP contribution is 2.37. The van der Waals surface area contributed by atoms with Crippen molar-refractivity contribution in [3.8, 4) is 0 Å². The predicted molar refractivity (Wildman–Crippen MR) is 82.1 cm³/mol. The zero-order chi connectivity index (χ0) is 14.6. The molecule has 0 aliphatic heterocycles. The minimum absolute atomic E-state index is 0.364. The Morgan fingerprint density at radius 2 is 1.52 bits per heavy atom. The predicted octanol–water partition coefficient (Wildman–Crippen LogP) is 2.30. The summed E-state index contributed by atoms with van der Waals surface area (Å²) in [6, 6.07) is 16.1. The maximum absolute atomic E-state index is 10.2. The monoisotopic (exact) mass is 280 g/mol. The molecule has 3 aromatic carbocycles. The number of hydrogen-bond acceptors (Lipinski definition) is 3. The molecule has 0 bridgehead atoms. The zero-order valence-corrected chi connectivity index (χ0v) is 11.4. The second-order valence-electron chi connectivity index (χ2n) is 5.72. The lowest BCUT2D eigenvalue weighted by molar-refractivity contribution is -0.0682. The summed E-state index contributed by atoms with van der Waals surface area (Å²) in [4.78, 5) is 0. The van der Waals surface area contributed by atoms with Gasteiger partial charge in [0.2, 0.25) is 0 Å². The third-order valence-corrected chi connectivity index (χ3v) is 4.52. The van der Waals surface area contributed by atoms with Crippen molar-refractivity contribution >= 4 is 21.5 Å². The van der Waals surface area contributed by atoms with Crippen molar-refractivity contribution in [3.63, 3.8) is 0 Å². The fourth-order valence-electron chi connectivity index (χ4n) is 3.40. The summed E-state index contributed by atoms with van der Waals surface area (Å²) >= 11 is 0. The van der Waals surface area contributed by atoms with Crippen LogP contribution in [0.25, 0.3) is 21.5 Å². The Hall–Kier alpha value is -1.94. The Balaban J connectivity index is 2.06. The Morgan fingerprint density at radius 1 is 0.762 bits per heavy atom. The molecule has 0 spiro atoms. The average Bonchev–Trinajstić information content (AvgIpc) is 2.52. The summed E-state index contributed by atoms with van der Waals surface area (Å²) in [7, 11) is 0. The van der Waals surface area contributed by atoms with Gasteiger partial charge in [-0.3, -0.25) is 0 Å². The Kier molecular flexibility index (Phi) is 2.76. The summed E-state index contributed by atoms with van der Waals surface area (Å²) in [5, 5.41) is 34.4. The van der Waals surface area contributed by atoms with Gasteiger partial charge in [0.1, 0.15) is 12.2 Å². The molecule has 0 saturated heterocycles. The summed E-state index contributed by atoms with van der Waals surface area (Å²) < 4.78 is 0. The van der Waals surface area contributed by atoms with Crippen molar-refractivity contribution in [1.82, 2.24) is 0 Å². The van der Waals surface area contributed by atoms with Crippen LogP contribution in [0.15, 0.2) is 48.5 Å². The third-order valence-electron chi connectivity index (χ3n) is 4.52. The smallest absolute Gasteiger partial charge is 0.110 e. The van der Waals surface area contributed by atoms with E-state index >= 15 is 0 Å². The van der Waals surface area contributed by atoms with Crippen molar-refractivity contribution in [2.24, 2.45) is 0 Å². The summed E-state index contributed by atoms with van der Waals surface area (Å²) in [5.74, 6) is 0. The number of hydrogen-bond donors (Lipinski definition) is 3. The van der Waals surface area contributed by atoms with Crippen LogP contribution in [0.2, 0.25) is 0 Å². The van der Waals surface area contributed by atoms with Crippen LogP contribution in [-0.4, -0.2) is 27.5 Å². The lowest BCUT2D eigenvalue weighted by Gasteiger charge is -2.31. The van der Waals surface area contributed by atoms with Gasteiger partial charge in [-0.1, -0.05) is 48.5 Å². The first-order chi connectivity index (χ1) is 10.2. The van der Waals surface area contributed by atoms with Crippen molar-refractivity contribution in [3.05, 3.63) is 59.7 Å². The molecule has 1 aliphatic rings. The molecule has 3 atom stereocenters. The molecular formula is C18H16O3. The molecule has 3 N–H and O–H groups in total. The molecule has 3 nitrogen and oxygen atoms in total. The molecule has 0 fully saturated rings. The molecule has 0 aromatic heterocycles. The average molecular weight is 280 g/mol. The molecule has 0 radical (unpaired) electrons. The van der Waals surface area contributed by atoms with Crippen LogP contribution in [0.1, 0.15) is 17.2 Å². The molecule has 1 aliphatic carbocycles. The van der Waals surface area contributed by atoms with E-state index < -0.39 is 18.3 Å². The number of rotatable bonds is 0. The van der Waals surface area contributed by atoms with Gasteiger partial charge in [0.05, 0.1) is 6.10 Å². The fourth-order valence-corrected chi connectivity index (χ4v) is 3.40. The van der Waals surface area contributed by atoms with Crippen molar-refractivity contribution in [1.29, 1.82) is 0 Å². The fraction of sp³-hybridized carbons (Fsp3) is 0.222. The molecule has 0 unspecified atom stereocenters. The number of aliphatic hydroxyl groups is 3. The van der Waals surface area contributed by atoms with Gasteiger partial charge in [0.15, 0.2) is 0 Å². The van der Waals surface area contributed by atoms with Crippen LogP contribution in [0.5, 0.6) is 0 Å². The van der Waals surface area contributed by atoms with Crippen molar-refractivity contribution in [2.45, 2.75) is 24.7 Å². The summed E-state index contributed by atoms with van der Waals surface area (Å²) in [6.07, 6.45) is -2.71. The molecule has 4 rings (SSSR count). The van der Waals surface area contributed by atoms with Gasteiger partial charge >= 0.3 is 0 Å². The third kappa shape index (κ3) is 1.79. The molecule has 3 aromatic rings. The lowest BCUT2D eigenvalue weighted by atomic mass is 9.82. The zero-order valence-electron chi connectivity index (χ0n) is 11.4. The molecule has 3 heteroatoms. The van der Waals surface area contributed by atoms with E-state index in [9.17, 15) is 15.3 Å². The van der Waals surface area contributed by atoms with E-state index in [0.717, 1.165) is 27.3 Å². The van der Waals surface area contributed by atoms with E-state index in [1.54, 1.807) is 0 Å². The normalized spacial score (nSPS) is 25.2. The summed E-state index contributed by atoms with van der Waals surface area (Å²) in [5.41, 5.74) is 1.65. The molecular weight excluding hydrogens is 264 g/mol. The van der Waals surface area contributed by atoms with Gasteiger partial charge in [0.25, 0.3) is 0 Å². The van der Waals surface area contributed by atoms with Gasteiger partial charge in [-0.25, -0.2) is 0 Å². The molecule has 21 heavy (non-hydrogen) atoms. The van der Waals surface area contributed by atoms with Crippen LogP contribution in [-0.2, 0) is 6.42 Å². The lowest BCUT2D eigenvalue weighted by Crippen LogP contribution is -2.38. The largest absolute Gasteiger partial charge is 0.390 e. The number of fused-ring (bicyclic) bond motifs is 5. The topological polar surface area (TPSA) is 60.7 Å². The maximum Gasteiger partial charge on any atom is 0.110 e. The van der Waals surface area contributed by atoms with Gasteiger partial charge < -0.3 is 15.3 Å². The number of benzene rings is 3. The van der Waals surface area contributed by atoms with Gasteiger partial charge in [-0.15, -0.1) is 0 Å². The van der Waals surface area contributed by atoms with Crippen LogP contribution in [0.3, 0.4) is 0 Å². The van der Waals surface area contributed by atoms with E-state index in [-0.39, 0.29) is 0 Å². The van der Waals surface area contributed by atoms with E-state index in [1.165, 1.54) is 5.39 Å². The van der Waals surface area contributed by atoms with E-state index in [4.69, 9.17) is 0 Å². The van der Waals surface area contributed by atoms with Gasteiger partial charge in [-0.2, -0.15) is 0 Å². The first-order valence-corrected chi connectivity index (χ1v) is 7.14. The maximum atomic E-state index is 10.2. The van der Waals surface area contributed by atoms with E-state index in [1.807, 2.05) is 30.3 Å². The van der Waals surface area contributed by atoms with E-state index in [2.05, 4.69) is 18.2 Å². The first-order valence-electron chi connectivity index (χ1n) is 7.14. The Morgan fingerprint density at radius 3 is 2.38 bits per heavy atom. The Bertz CT molecular complexity index is 840. The second kappa shape index (κ2) is 4.53. The SMILES string of the molecule is O[C@@H]1[C@H](O)Cc2c(ccc3c2ccc2ccccc23)[C@H]1O. The molecule has 106 valence electrons. The first kappa shape index (κ1) is 12.8. The van der Waals surface area contributed by atoms with Gasteiger partial charge in [0, 0.05) is 6.42 Å². The highest BCUT2D eigenvalue weighted by Gasteiger charge is 2.34. The van der Waals surface area contributed by atoms with Gasteiger partial charge in [-0.05, 0) is 32.7 Å². The van der Waals surface area contributed by atoms with E-state index in [0.29, 0.717) is 6.42 Å². The van der Waals surface area contributed by atoms with Crippen molar-refractivity contribution < 1.29 is 15.3 Å². The number of aliphatic hydroxyl groups excluding tert-OH is 3. The van der Waals surface area contributed by atoms with Crippen LogP contribution >= 0.6 is 0 Å². The highest BCUT2D eigenvalue weighted by atomic mass is 16.4.